The number of hydrogen-bond acceptors (Lipinski definition) is 6. The van der Waals surface area contributed by atoms with Crippen LogP contribution in [-0.4, -0.2) is 69.2 Å². The number of epoxide rings is 1. The van der Waals surface area contributed by atoms with E-state index in [0.717, 1.165) is 21.5 Å². The lowest BCUT2D eigenvalue weighted by Gasteiger charge is -2.54. The summed E-state index contributed by atoms with van der Waals surface area (Å²) in [6, 6.07) is 36.2. The third kappa shape index (κ3) is 7.54. The Morgan fingerprint density at radius 3 is 1.79 bits per heavy atom. The van der Waals surface area contributed by atoms with Crippen molar-refractivity contribution < 1.29 is 32.6 Å². The Hall–Kier alpha value is -4.01. The minimum absolute atomic E-state index is 0.0377. The molecule has 280 valence electrons. The van der Waals surface area contributed by atoms with E-state index in [1.807, 2.05) is 122 Å². The molecule has 0 aliphatic carbocycles. The number of nitrogens with zero attached hydrogens (tertiary/aromatic N) is 1. The van der Waals surface area contributed by atoms with Gasteiger partial charge in [0.1, 0.15) is 17.8 Å². The third-order valence-corrected chi connectivity index (χ3v) is 19.9. The lowest BCUT2D eigenvalue weighted by molar-refractivity contribution is -0.161. The second-order valence-electron chi connectivity index (χ2n) is 15.4. The molecule has 53 heavy (non-hydrogen) atoms. The first-order valence-corrected chi connectivity index (χ1v) is 23.0. The molecular weight excluding hydrogens is 705 g/mol. The molecule has 0 aromatic heterocycles. The van der Waals surface area contributed by atoms with E-state index in [1.54, 1.807) is 12.0 Å². The van der Waals surface area contributed by atoms with Gasteiger partial charge in [0, 0.05) is 12.8 Å². The molecule has 0 spiro atoms. The van der Waals surface area contributed by atoms with Crippen LogP contribution in [0.3, 0.4) is 0 Å². The molecule has 2 aliphatic rings. The molecule has 6 rings (SSSR count). The van der Waals surface area contributed by atoms with Gasteiger partial charge in [-0.3, -0.25) is 9.18 Å². The fraction of sp³-hybridized carbons (Fsp3) is 0.372. The molecule has 2 aliphatic heterocycles. The lowest BCUT2D eigenvalue weighted by atomic mass is 9.75. The standard InChI is InChI=1S/C43H51FNO6PSi/c1-30(51-53(6,7)43(2,3)4)38-39(36(27-44)37-29-49-37)45(40(38)46)41(42(47)50-28-31-23-25-32(48-5)26-24-31)52(33-17-11-8-12-18-33,34-19-13-9-14-20-34)35-21-15-10-16-22-35/h8-26,30,36-39H,27-29H2,1-7H3/t30-,36-,37-,38-,39-/m1/s1. The van der Waals surface area contributed by atoms with Crippen molar-refractivity contribution in [1.82, 2.24) is 4.90 Å². The number of halogens is 1. The Kier molecular flexibility index (Phi) is 11.5. The summed E-state index contributed by atoms with van der Waals surface area (Å²) in [6.07, 6.45) is -0.899. The van der Waals surface area contributed by atoms with Crippen molar-refractivity contribution in [2.24, 2.45) is 11.8 Å². The highest BCUT2D eigenvalue weighted by atomic mass is 31.2. The predicted molar refractivity (Wildman–Crippen MR) is 214 cm³/mol. The average Bonchev–Trinajstić information content (AvgIpc) is 4.00. The summed E-state index contributed by atoms with van der Waals surface area (Å²) >= 11 is 0. The zero-order valence-electron chi connectivity index (χ0n) is 31.7. The number of alkyl halides is 1. The molecule has 0 bridgehead atoms. The lowest BCUT2D eigenvalue weighted by Crippen LogP contribution is -2.72. The van der Waals surface area contributed by atoms with Crippen LogP contribution in [0.25, 0.3) is 0 Å². The molecule has 0 radical (unpaired) electrons. The van der Waals surface area contributed by atoms with E-state index in [2.05, 4.69) is 33.9 Å². The van der Waals surface area contributed by atoms with E-state index in [1.165, 1.54) is 0 Å². The maximum Gasteiger partial charge on any atom is 0.356 e. The maximum absolute atomic E-state index is 15.5. The molecule has 1 amide bonds. The molecule has 2 heterocycles. The first-order chi connectivity index (χ1) is 25.3. The zero-order valence-corrected chi connectivity index (χ0v) is 33.6. The van der Waals surface area contributed by atoms with Gasteiger partial charge in [-0.05, 0) is 58.7 Å². The summed E-state index contributed by atoms with van der Waals surface area (Å²) in [7, 11) is -0.751. The number of carbonyl (C=O) groups is 2. The quantitative estimate of drug-likeness (QED) is 0.0450. The van der Waals surface area contributed by atoms with Crippen LogP contribution >= 0.6 is 6.89 Å². The van der Waals surface area contributed by atoms with Gasteiger partial charge in [-0.2, -0.15) is 0 Å². The minimum Gasteiger partial charge on any atom is -0.497 e. The summed E-state index contributed by atoms with van der Waals surface area (Å²) in [5, 5.41) is 2.50. The number of methoxy groups -OCH3 is 1. The molecule has 0 saturated carbocycles. The van der Waals surface area contributed by atoms with Crippen molar-refractivity contribution in [2.45, 2.75) is 70.7 Å². The Morgan fingerprint density at radius 1 is 0.887 bits per heavy atom. The topological polar surface area (TPSA) is 77.6 Å². The molecule has 0 N–H and O–H groups in total. The normalized spacial score (nSPS) is 19.9. The fourth-order valence-electron chi connectivity index (χ4n) is 7.24. The van der Waals surface area contributed by atoms with Gasteiger partial charge in [0.05, 0.1) is 44.6 Å². The number of amides is 1. The van der Waals surface area contributed by atoms with Gasteiger partial charge < -0.3 is 23.5 Å². The van der Waals surface area contributed by atoms with E-state index in [0.29, 0.717) is 12.4 Å². The minimum atomic E-state index is -3.20. The molecule has 10 heteroatoms. The third-order valence-electron chi connectivity index (χ3n) is 11.1. The predicted octanol–water partition coefficient (Wildman–Crippen LogP) is 7.08. The maximum atomic E-state index is 15.5. The van der Waals surface area contributed by atoms with Crippen LogP contribution in [0.15, 0.2) is 115 Å². The highest BCUT2D eigenvalue weighted by Crippen LogP contribution is 2.52. The van der Waals surface area contributed by atoms with Crippen LogP contribution in [0.5, 0.6) is 5.75 Å². The molecule has 2 fully saturated rings. The van der Waals surface area contributed by atoms with E-state index in [4.69, 9.17) is 18.6 Å². The van der Waals surface area contributed by atoms with Crippen molar-refractivity contribution in [1.29, 1.82) is 0 Å². The highest BCUT2D eigenvalue weighted by molar-refractivity contribution is 7.96. The molecular formula is C43H51FNO6PSi. The van der Waals surface area contributed by atoms with Crippen LogP contribution < -0.4 is 20.7 Å². The Labute approximate surface area is 314 Å². The van der Waals surface area contributed by atoms with E-state index < -0.39 is 51.8 Å². The zero-order chi connectivity index (χ0) is 38.0. The number of rotatable bonds is 14. The van der Waals surface area contributed by atoms with Gasteiger partial charge >= 0.3 is 5.97 Å². The molecule has 2 saturated heterocycles. The van der Waals surface area contributed by atoms with Crippen LogP contribution in [0, 0.1) is 11.8 Å². The van der Waals surface area contributed by atoms with Crippen LogP contribution in [0.1, 0.15) is 33.3 Å². The Balaban J connectivity index is 1.62. The molecule has 0 unspecified atom stereocenters. The first-order valence-electron chi connectivity index (χ1n) is 18.3. The van der Waals surface area contributed by atoms with Crippen LogP contribution in [-0.2, 0) is 30.1 Å². The number of benzene rings is 4. The number of hydrogen-bond donors (Lipinski definition) is 0. The fourth-order valence-corrected chi connectivity index (χ4v) is 13.1. The molecule has 7 nitrogen and oxygen atoms in total. The second-order valence-corrected chi connectivity index (χ2v) is 23.5. The summed E-state index contributed by atoms with van der Waals surface area (Å²) in [5.41, 5.74) is 0.981. The monoisotopic (exact) mass is 755 g/mol. The van der Waals surface area contributed by atoms with Crippen molar-refractivity contribution in [2.75, 3.05) is 20.4 Å². The summed E-state index contributed by atoms with van der Waals surface area (Å²) in [6.45, 7) is 9.14. The van der Waals surface area contributed by atoms with Crippen molar-refractivity contribution in [3.63, 3.8) is 0 Å². The average molecular weight is 756 g/mol. The van der Waals surface area contributed by atoms with Crippen LogP contribution in [0.4, 0.5) is 4.39 Å². The van der Waals surface area contributed by atoms with Crippen molar-refractivity contribution >= 4 is 48.4 Å². The van der Waals surface area contributed by atoms with Gasteiger partial charge in [-0.1, -0.05) is 124 Å². The van der Waals surface area contributed by atoms with Crippen molar-refractivity contribution in [3.8, 4) is 5.75 Å². The molecule has 4 aromatic carbocycles. The van der Waals surface area contributed by atoms with Crippen LogP contribution in [0.2, 0.25) is 18.1 Å². The SMILES string of the molecule is COc1ccc(COC(=O)C(N2C(=O)[C@H]([C@@H](C)O[Si](C)(C)C(C)(C)C)[C@H]2[C@H](CF)[C@H]2CO2)=P(c2ccccc2)(c2ccccc2)c2ccccc2)cc1. The van der Waals surface area contributed by atoms with Crippen molar-refractivity contribution in [3.05, 3.63) is 121 Å². The van der Waals surface area contributed by atoms with Gasteiger partial charge in [0.2, 0.25) is 5.91 Å². The summed E-state index contributed by atoms with van der Waals surface area (Å²) < 4.78 is 39.7. The number of esters is 1. The largest absolute Gasteiger partial charge is 0.497 e. The van der Waals surface area contributed by atoms with Gasteiger partial charge in [-0.25, -0.2) is 4.79 Å². The van der Waals surface area contributed by atoms with Gasteiger partial charge in [-0.15, -0.1) is 0 Å². The Morgan fingerprint density at radius 2 is 1.38 bits per heavy atom. The smallest absolute Gasteiger partial charge is 0.356 e. The van der Waals surface area contributed by atoms with E-state index in [-0.39, 0.29) is 29.1 Å². The number of carbonyl (C=O) groups excluding carboxylic acids is 2. The highest BCUT2D eigenvalue weighted by Gasteiger charge is 2.61. The first kappa shape index (κ1) is 38.7. The molecule has 4 aromatic rings. The summed E-state index contributed by atoms with van der Waals surface area (Å²) in [5.74, 6) is -1.58. The number of likely N-dealkylation sites (tertiary alicyclic amines) is 1. The molecule has 5 atom stereocenters. The van der Waals surface area contributed by atoms with Gasteiger partial charge in [0.25, 0.3) is 0 Å². The Bertz CT molecular complexity index is 1830. The summed E-state index contributed by atoms with van der Waals surface area (Å²) in [4.78, 5) is 32.0. The van der Waals surface area contributed by atoms with Gasteiger partial charge in [0.15, 0.2) is 8.32 Å². The van der Waals surface area contributed by atoms with E-state index in [9.17, 15) is 0 Å². The number of β-lactam (4-membered cyclic amide) rings is 1. The second kappa shape index (κ2) is 15.8. The van der Waals surface area contributed by atoms with E-state index >= 15 is 14.0 Å². The number of ether oxygens (including phenoxy) is 3.